The van der Waals surface area contributed by atoms with Crippen LogP contribution < -0.4 is 10.6 Å². The lowest BCUT2D eigenvalue weighted by atomic mass is 9.78. The van der Waals surface area contributed by atoms with Gasteiger partial charge in [-0.1, -0.05) is 109 Å². The molecular formula is C28H41N. The molecule has 1 atom stereocenters. The number of benzene rings is 2. The maximum Gasteiger partial charge on any atom is 0.0464 e. The lowest BCUT2D eigenvalue weighted by Gasteiger charge is -2.27. The second-order valence-corrected chi connectivity index (χ2v) is 9.31. The fraction of sp³-hybridized carbons (Fsp3) is 0.429. The van der Waals surface area contributed by atoms with Gasteiger partial charge in [-0.3, -0.25) is 0 Å². The Morgan fingerprint density at radius 2 is 1.28 bits per heavy atom. The van der Waals surface area contributed by atoms with Gasteiger partial charge in [-0.15, -0.1) is 0 Å². The highest BCUT2D eigenvalue weighted by Crippen LogP contribution is 2.33. The van der Waals surface area contributed by atoms with E-state index in [-0.39, 0.29) is 0 Å². The van der Waals surface area contributed by atoms with Gasteiger partial charge in [0.15, 0.2) is 0 Å². The second kappa shape index (κ2) is 11.7. The van der Waals surface area contributed by atoms with Crippen LogP contribution in [0.1, 0.15) is 73.8 Å². The van der Waals surface area contributed by atoms with E-state index in [4.69, 9.17) is 0 Å². The zero-order valence-electron chi connectivity index (χ0n) is 20.0. The molecule has 1 aromatic heterocycles. The van der Waals surface area contributed by atoms with Gasteiger partial charge in [0, 0.05) is 21.5 Å². The molecule has 2 aromatic carbocycles. The van der Waals surface area contributed by atoms with Crippen molar-refractivity contribution in [3.05, 3.63) is 70.7 Å². The standard InChI is InChI=1S/C12H13N.C12H18.C4H10/c1-3-9-10-7-5-6-8-12(10)13-11(9)4-2;1-10(12(2,3)4)11-8-6-5-7-9-11;1-4(2)3/h3-8,13H,1-2H3;5-10H,1-4H3;4H,1-3H3/b9-3-,11-4+;;. The lowest BCUT2D eigenvalue weighted by molar-refractivity contribution is 0.339. The van der Waals surface area contributed by atoms with Gasteiger partial charge >= 0.3 is 0 Å². The Kier molecular flexibility index (Phi) is 9.95. The first kappa shape index (κ1) is 24.8. The van der Waals surface area contributed by atoms with Crippen LogP contribution in [-0.4, -0.2) is 4.98 Å². The summed E-state index contributed by atoms with van der Waals surface area (Å²) < 4.78 is 0. The average molecular weight is 392 g/mol. The minimum atomic E-state index is 0.362. The minimum Gasteiger partial charge on any atom is -0.355 e. The van der Waals surface area contributed by atoms with E-state index in [1.165, 1.54) is 27.0 Å². The number of hydrogen-bond acceptors (Lipinski definition) is 0. The minimum absolute atomic E-state index is 0.362. The Balaban J connectivity index is 0.000000247. The molecule has 1 nitrogen and oxygen atoms in total. The molecule has 0 saturated heterocycles. The van der Waals surface area contributed by atoms with Gasteiger partial charge in [-0.2, -0.15) is 0 Å². The Hall–Kier alpha value is -2.28. The van der Waals surface area contributed by atoms with Crippen LogP contribution in [0.25, 0.3) is 23.1 Å². The number of aromatic nitrogens is 1. The van der Waals surface area contributed by atoms with E-state index in [1.54, 1.807) is 0 Å². The molecular weight excluding hydrogens is 350 g/mol. The van der Waals surface area contributed by atoms with Crippen LogP contribution in [0.2, 0.25) is 0 Å². The summed E-state index contributed by atoms with van der Waals surface area (Å²) in [6, 6.07) is 19.1. The van der Waals surface area contributed by atoms with Gasteiger partial charge in [0.05, 0.1) is 0 Å². The van der Waals surface area contributed by atoms with Crippen molar-refractivity contribution in [1.29, 1.82) is 0 Å². The van der Waals surface area contributed by atoms with E-state index >= 15 is 0 Å². The van der Waals surface area contributed by atoms with Crippen molar-refractivity contribution in [3.8, 4) is 0 Å². The summed E-state index contributed by atoms with van der Waals surface area (Å²) in [7, 11) is 0. The average Bonchev–Trinajstić information content (AvgIpc) is 3.05. The zero-order valence-corrected chi connectivity index (χ0v) is 20.0. The van der Waals surface area contributed by atoms with E-state index in [0.717, 1.165) is 5.92 Å². The molecule has 0 bridgehead atoms. The third-order valence-corrected chi connectivity index (χ3v) is 4.95. The number of aromatic amines is 1. The van der Waals surface area contributed by atoms with Crippen LogP contribution in [0.4, 0.5) is 0 Å². The first-order valence-corrected chi connectivity index (χ1v) is 10.9. The summed E-state index contributed by atoms with van der Waals surface area (Å²) in [4.78, 5) is 3.38. The van der Waals surface area contributed by atoms with Gasteiger partial charge < -0.3 is 4.98 Å². The van der Waals surface area contributed by atoms with Crippen molar-refractivity contribution in [3.63, 3.8) is 0 Å². The third kappa shape index (κ3) is 7.93. The van der Waals surface area contributed by atoms with Gasteiger partial charge in [0.2, 0.25) is 0 Å². The second-order valence-electron chi connectivity index (χ2n) is 9.31. The van der Waals surface area contributed by atoms with Crippen LogP contribution >= 0.6 is 0 Å². The third-order valence-electron chi connectivity index (χ3n) is 4.95. The SMILES string of the molecule is C/C=c1\c(=C/C)[nH]c2ccccc12.CC(C)C.CC(c1ccccc1)C(C)(C)C. The van der Waals surface area contributed by atoms with E-state index in [0.29, 0.717) is 11.3 Å². The highest BCUT2D eigenvalue weighted by molar-refractivity contribution is 5.80. The summed E-state index contributed by atoms with van der Waals surface area (Å²) in [6.45, 7) is 19.8. The van der Waals surface area contributed by atoms with Crippen LogP contribution in [0.15, 0.2) is 54.6 Å². The molecule has 1 N–H and O–H groups in total. The van der Waals surface area contributed by atoms with Crippen molar-refractivity contribution < 1.29 is 0 Å². The maximum atomic E-state index is 3.38. The van der Waals surface area contributed by atoms with Crippen molar-refractivity contribution >= 4 is 23.1 Å². The molecule has 158 valence electrons. The summed E-state index contributed by atoms with van der Waals surface area (Å²) >= 11 is 0. The highest BCUT2D eigenvalue weighted by atomic mass is 14.7. The van der Waals surface area contributed by atoms with Crippen molar-refractivity contribution in [2.75, 3.05) is 0 Å². The molecule has 0 aliphatic heterocycles. The number of H-pyrrole nitrogens is 1. The van der Waals surface area contributed by atoms with Gasteiger partial charge in [0.1, 0.15) is 0 Å². The zero-order chi connectivity index (χ0) is 22.0. The van der Waals surface area contributed by atoms with Crippen molar-refractivity contribution in [2.45, 2.75) is 68.2 Å². The normalized spacial score (nSPS) is 13.6. The predicted molar refractivity (Wildman–Crippen MR) is 133 cm³/mol. The Morgan fingerprint density at radius 1 is 0.759 bits per heavy atom. The fourth-order valence-electron chi connectivity index (χ4n) is 2.96. The van der Waals surface area contributed by atoms with Crippen LogP contribution in [0, 0.1) is 11.3 Å². The van der Waals surface area contributed by atoms with Gasteiger partial charge in [0.25, 0.3) is 0 Å². The highest BCUT2D eigenvalue weighted by Gasteiger charge is 2.20. The quantitative estimate of drug-likeness (QED) is 0.449. The summed E-state index contributed by atoms with van der Waals surface area (Å²) in [5.41, 5.74) is 3.01. The van der Waals surface area contributed by atoms with Gasteiger partial charge in [-0.25, -0.2) is 0 Å². The predicted octanol–water partition coefficient (Wildman–Crippen LogP) is 7.27. The van der Waals surface area contributed by atoms with Gasteiger partial charge in [-0.05, 0) is 42.7 Å². The molecule has 29 heavy (non-hydrogen) atoms. The smallest absolute Gasteiger partial charge is 0.0464 e. The molecule has 3 rings (SSSR count). The molecule has 0 aliphatic rings. The molecule has 0 spiro atoms. The molecule has 0 radical (unpaired) electrons. The lowest BCUT2D eigenvalue weighted by Crippen LogP contribution is -2.21. The largest absolute Gasteiger partial charge is 0.355 e. The number of hydrogen-bond donors (Lipinski definition) is 1. The molecule has 0 aliphatic carbocycles. The van der Waals surface area contributed by atoms with E-state index in [1.807, 2.05) is 0 Å². The first-order valence-electron chi connectivity index (χ1n) is 10.9. The van der Waals surface area contributed by atoms with Crippen LogP contribution in [-0.2, 0) is 0 Å². The van der Waals surface area contributed by atoms with Crippen molar-refractivity contribution in [1.82, 2.24) is 4.98 Å². The number of fused-ring (bicyclic) bond motifs is 1. The monoisotopic (exact) mass is 391 g/mol. The summed E-state index contributed by atoms with van der Waals surface area (Å²) in [6.07, 6.45) is 4.25. The van der Waals surface area contributed by atoms with Crippen molar-refractivity contribution in [2.24, 2.45) is 11.3 Å². The Morgan fingerprint density at radius 3 is 1.76 bits per heavy atom. The number of nitrogens with one attached hydrogen (secondary N) is 1. The van der Waals surface area contributed by atoms with Crippen LogP contribution in [0.3, 0.4) is 0 Å². The van der Waals surface area contributed by atoms with E-state index in [9.17, 15) is 0 Å². The van der Waals surface area contributed by atoms with E-state index in [2.05, 4.69) is 134 Å². The molecule has 1 heteroatoms. The molecule has 0 fully saturated rings. The molecule has 0 saturated carbocycles. The number of rotatable bonds is 1. The summed E-state index contributed by atoms with van der Waals surface area (Å²) in [5.74, 6) is 1.46. The fourth-order valence-corrected chi connectivity index (χ4v) is 2.96. The molecule has 3 aromatic rings. The summed E-state index contributed by atoms with van der Waals surface area (Å²) in [5, 5.41) is 3.82. The first-order chi connectivity index (χ1) is 13.6. The molecule has 1 unspecified atom stereocenters. The topological polar surface area (TPSA) is 15.8 Å². The Bertz CT molecular complexity index is 950. The van der Waals surface area contributed by atoms with E-state index < -0.39 is 0 Å². The molecule has 0 amide bonds. The maximum absolute atomic E-state index is 3.38. The van der Waals surface area contributed by atoms with Crippen LogP contribution in [0.5, 0.6) is 0 Å². The molecule has 1 heterocycles. The number of para-hydroxylation sites is 1. The Labute approximate surface area is 178 Å².